The Bertz CT molecular complexity index is 871. The van der Waals surface area contributed by atoms with Gasteiger partial charge < -0.3 is 4.57 Å². The first-order valence-electron chi connectivity index (χ1n) is 8.31. The molecule has 1 aromatic heterocycles. The van der Waals surface area contributed by atoms with Gasteiger partial charge >= 0.3 is 10.1 Å². The van der Waals surface area contributed by atoms with Gasteiger partial charge in [-0.2, -0.15) is 8.42 Å². The molecule has 0 N–H and O–H groups in total. The second-order valence-electron chi connectivity index (χ2n) is 6.51. The van der Waals surface area contributed by atoms with Crippen molar-refractivity contribution >= 4 is 21.6 Å². The van der Waals surface area contributed by atoms with Crippen molar-refractivity contribution in [1.82, 2.24) is 9.55 Å². The third kappa shape index (κ3) is 3.89. The lowest BCUT2D eigenvalue weighted by molar-refractivity contribution is -0.112. The van der Waals surface area contributed by atoms with E-state index in [0.717, 1.165) is 25.7 Å². The van der Waals surface area contributed by atoms with Crippen LogP contribution in [0.5, 0.6) is 0 Å². The maximum absolute atomic E-state index is 12.3. The van der Waals surface area contributed by atoms with Crippen molar-refractivity contribution in [3.8, 4) is 0 Å². The zero-order valence-corrected chi connectivity index (χ0v) is 15.1. The molecule has 8 heteroatoms. The van der Waals surface area contributed by atoms with Crippen LogP contribution in [0.3, 0.4) is 0 Å². The Morgan fingerprint density at radius 1 is 1.24 bits per heavy atom. The fourth-order valence-corrected chi connectivity index (χ4v) is 3.89. The van der Waals surface area contributed by atoms with E-state index in [0.29, 0.717) is 16.9 Å². The summed E-state index contributed by atoms with van der Waals surface area (Å²) in [5.41, 5.74) is 1.64. The van der Waals surface area contributed by atoms with Gasteiger partial charge in [0.15, 0.2) is 5.78 Å². The molecule has 0 bridgehead atoms. The number of hydrogen-bond donors (Lipinski definition) is 0. The molecule has 1 heterocycles. The molecule has 0 aromatic carbocycles. The molecule has 3 rings (SSSR count). The minimum atomic E-state index is -4.08. The molecule has 2 aliphatic rings. The van der Waals surface area contributed by atoms with Crippen LogP contribution >= 0.6 is 0 Å². The number of aromatic nitrogens is 2. The zero-order valence-electron chi connectivity index (χ0n) is 14.3. The quantitative estimate of drug-likeness (QED) is 0.605. The Morgan fingerprint density at radius 3 is 2.60 bits per heavy atom. The Morgan fingerprint density at radius 2 is 1.96 bits per heavy atom. The number of rotatable bonds is 4. The van der Waals surface area contributed by atoms with Crippen molar-refractivity contribution in [3.05, 3.63) is 35.8 Å². The van der Waals surface area contributed by atoms with Gasteiger partial charge in [-0.1, -0.05) is 24.4 Å². The highest BCUT2D eigenvalue weighted by Crippen LogP contribution is 2.32. The van der Waals surface area contributed by atoms with Crippen molar-refractivity contribution < 1.29 is 17.5 Å². The number of carbonyl (C=O) groups is 1. The summed E-state index contributed by atoms with van der Waals surface area (Å²) >= 11 is 0. The lowest BCUT2D eigenvalue weighted by Gasteiger charge is -2.25. The van der Waals surface area contributed by atoms with Crippen LogP contribution in [0.2, 0.25) is 0 Å². The van der Waals surface area contributed by atoms with E-state index in [-0.39, 0.29) is 16.7 Å². The van der Waals surface area contributed by atoms with Crippen LogP contribution in [0.25, 0.3) is 0 Å². The zero-order chi connectivity index (χ0) is 18.0. The maximum Gasteiger partial charge on any atom is 0.377 e. The third-order valence-corrected chi connectivity index (χ3v) is 5.54. The Kier molecular flexibility index (Phi) is 4.89. The molecular formula is C17H21N3O4S. The van der Waals surface area contributed by atoms with Crippen LogP contribution in [0.1, 0.15) is 39.0 Å². The molecule has 2 aliphatic carbocycles. The Hall–Kier alpha value is -2.22. The number of oxime groups is 1. The first kappa shape index (κ1) is 17.6. The predicted molar refractivity (Wildman–Crippen MR) is 92.3 cm³/mol. The summed E-state index contributed by atoms with van der Waals surface area (Å²) < 4.78 is 30.6. The number of ketones is 1. The third-order valence-electron chi connectivity index (χ3n) is 4.54. The van der Waals surface area contributed by atoms with Crippen LogP contribution in [-0.2, 0) is 26.2 Å². The molecule has 1 aromatic rings. The van der Waals surface area contributed by atoms with Gasteiger partial charge in [0.1, 0.15) is 5.71 Å². The number of nitrogens with zero attached hydrogens (tertiary/aromatic N) is 3. The standard InChI is InChI=1S/C17H21N3O4S/c1-12-8-16(21)14(13-6-4-3-5-7-13)9-15(12)19-24-25(22,23)17-10-20(2)11-18-17/h8-11,13H,3-7H2,1-2H3/b19-15+. The van der Waals surface area contributed by atoms with E-state index >= 15 is 0 Å². The molecule has 7 nitrogen and oxygen atoms in total. The summed E-state index contributed by atoms with van der Waals surface area (Å²) in [4.78, 5) is 16.1. The highest BCUT2D eigenvalue weighted by atomic mass is 32.2. The summed E-state index contributed by atoms with van der Waals surface area (Å²) in [5.74, 6) is 0.194. The van der Waals surface area contributed by atoms with Crippen molar-refractivity contribution in [2.24, 2.45) is 18.1 Å². The first-order valence-corrected chi connectivity index (χ1v) is 9.72. The smallest absolute Gasteiger partial charge is 0.339 e. The molecule has 1 saturated carbocycles. The van der Waals surface area contributed by atoms with Crippen LogP contribution in [0.4, 0.5) is 0 Å². The normalized spacial score (nSPS) is 21.2. The van der Waals surface area contributed by atoms with E-state index in [1.165, 1.54) is 29.6 Å². The molecule has 0 saturated heterocycles. The van der Waals surface area contributed by atoms with E-state index in [1.54, 1.807) is 20.0 Å². The van der Waals surface area contributed by atoms with E-state index < -0.39 is 10.1 Å². The Balaban J connectivity index is 1.84. The van der Waals surface area contributed by atoms with Gasteiger partial charge in [-0.25, -0.2) is 4.98 Å². The predicted octanol–water partition coefficient (Wildman–Crippen LogP) is 2.52. The molecule has 0 unspecified atom stereocenters. The topological polar surface area (TPSA) is 90.6 Å². The average Bonchev–Trinajstić information content (AvgIpc) is 3.02. The second-order valence-corrected chi connectivity index (χ2v) is 7.98. The van der Waals surface area contributed by atoms with Crippen molar-refractivity contribution in [2.75, 3.05) is 0 Å². The largest absolute Gasteiger partial charge is 0.377 e. The molecule has 0 radical (unpaired) electrons. The monoisotopic (exact) mass is 363 g/mol. The van der Waals surface area contributed by atoms with Gasteiger partial charge in [-0.15, -0.1) is 0 Å². The molecule has 0 aliphatic heterocycles. The lowest BCUT2D eigenvalue weighted by Crippen LogP contribution is -2.20. The fourth-order valence-electron chi connectivity index (χ4n) is 3.16. The fraction of sp³-hybridized carbons (Fsp3) is 0.471. The summed E-state index contributed by atoms with van der Waals surface area (Å²) in [5, 5.41) is 3.58. The number of aryl methyl sites for hydroxylation is 1. The summed E-state index contributed by atoms with van der Waals surface area (Å²) in [7, 11) is -2.42. The summed E-state index contributed by atoms with van der Waals surface area (Å²) in [6.45, 7) is 1.71. The molecule has 25 heavy (non-hydrogen) atoms. The molecule has 0 amide bonds. The highest BCUT2D eigenvalue weighted by Gasteiger charge is 2.26. The van der Waals surface area contributed by atoms with Crippen LogP contribution in [-0.4, -0.2) is 29.5 Å². The van der Waals surface area contributed by atoms with Crippen molar-refractivity contribution in [1.29, 1.82) is 0 Å². The van der Waals surface area contributed by atoms with Crippen LogP contribution in [0.15, 0.2) is 46.0 Å². The van der Waals surface area contributed by atoms with E-state index in [4.69, 9.17) is 4.28 Å². The minimum Gasteiger partial charge on any atom is -0.339 e. The number of hydrogen-bond acceptors (Lipinski definition) is 6. The van der Waals surface area contributed by atoms with Gasteiger partial charge in [0.2, 0.25) is 5.03 Å². The van der Waals surface area contributed by atoms with Gasteiger partial charge in [0.25, 0.3) is 0 Å². The highest BCUT2D eigenvalue weighted by molar-refractivity contribution is 7.86. The van der Waals surface area contributed by atoms with E-state index in [2.05, 4.69) is 10.1 Å². The molecule has 0 spiro atoms. The molecule has 0 atom stereocenters. The van der Waals surface area contributed by atoms with Gasteiger partial charge in [-0.3, -0.25) is 9.08 Å². The SMILES string of the molecule is CC1=CC(=O)C(C2CCCCC2)=C/C1=N\OS(=O)(=O)c1cn(C)cn1. The minimum absolute atomic E-state index is 0.0177. The summed E-state index contributed by atoms with van der Waals surface area (Å²) in [6.07, 6.45) is 11.2. The van der Waals surface area contributed by atoms with Crippen molar-refractivity contribution in [3.63, 3.8) is 0 Å². The van der Waals surface area contributed by atoms with Crippen LogP contribution < -0.4 is 0 Å². The summed E-state index contributed by atoms with van der Waals surface area (Å²) in [6, 6.07) is 0. The van der Waals surface area contributed by atoms with E-state index in [1.807, 2.05) is 0 Å². The number of imidazole rings is 1. The van der Waals surface area contributed by atoms with Gasteiger partial charge in [0, 0.05) is 18.8 Å². The van der Waals surface area contributed by atoms with E-state index in [9.17, 15) is 13.2 Å². The van der Waals surface area contributed by atoms with Gasteiger partial charge in [-0.05, 0) is 43.4 Å². The first-order chi connectivity index (χ1) is 11.9. The van der Waals surface area contributed by atoms with Crippen molar-refractivity contribution in [2.45, 2.75) is 44.1 Å². The molecule has 1 fully saturated rings. The lowest BCUT2D eigenvalue weighted by atomic mass is 9.79. The maximum atomic E-state index is 12.3. The molecule has 134 valence electrons. The van der Waals surface area contributed by atoms with Gasteiger partial charge in [0.05, 0.1) is 6.33 Å². The number of allylic oxidation sites excluding steroid dienone is 4. The molecular weight excluding hydrogens is 342 g/mol. The second kappa shape index (κ2) is 6.95. The Labute approximate surface area is 147 Å². The average molecular weight is 363 g/mol. The number of carbonyl (C=O) groups excluding carboxylic acids is 1. The van der Waals surface area contributed by atoms with Crippen LogP contribution in [0, 0.1) is 5.92 Å².